The molecule has 0 amide bonds. The average Bonchev–Trinajstić information content (AvgIpc) is 3.96. The molecule has 3 heterocycles. The Kier molecular flexibility index (Phi) is 12.9. The zero-order valence-corrected chi connectivity index (χ0v) is 45.5. The van der Waals surface area contributed by atoms with E-state index in [9.17, 15) is 0 Å². The summed E-state index contributed by atoms with van der Waals surface area (Å²) < 4.78 is 9.31. The van der Waals surface area contributed by atoms with Crippen molar-refractivity contribution in [2.75, 3.05) is 0 Å². The zero-order valence-electron chi connectivity index (χ0n) is 43.1. The monoisotopic (exact) mass is 1130 g/mol. The van der Waals surface area contributed by atoms with Crippen LogP contribution in [-0.2, 0) is 36.4 Å². The van der Waals surface area contributed by atoms with Crippen LogP contribution in [-0.4, -0.2) is 14.5 Å². The molecule has 3 aromatic heterocycles. The van der Waals surface area contributed by atoms with E-state index in [1.807, 2.05) is 36.5 Å². The fourth-order valence-corrected chi connectivity index (χ4v) is 9.99. The van der Waals surface area contributed by atoms with Gasteiger partial charge >= 0.3 is 0 Å². The van der Waals surface area contributed by atoms with E-state index in [1.54, 1.807) is 0 Å². The fourth-order valence-electron chi connectivity index (χ4n) is 9.99. The number of fused-ring (bicyclic) bond motifs is 7. The number of furan rings is 1. The van der Waals surface area contributed by atoms with Gasteiger partial charge in [0.1, 0.15) is 5.58 Å². The molecule has 0 N–H and O–H groups in total. The third-order valence-electron chi connectivity index (χ3n) is 14.0. The van der Waals surface area contributed by atoms with Crippen LogP contribution in [0.5, 0.6) is 0 Å². The fraction of sp³-hybridized carbons (Fsp3) is 0.176. The van der Waals surface area contributed by atoms with E-state index in [1.165, 1.54) is 49.4 Å². The number of hydrogen-bond acceptors (Lipinski definition) is 3. The van der Waals surface area contributed by atoms with Gasteiger partial charge in [-0.15, -0.1) is 54.1 Å². The number of imidazole rings is 1. The summed E-state index contributed by atoms with van der Waals surface area (Å²) in [6.45, 7) is 20.3. The van der Waals surface area contributed by atoms with E-state index in [4.69, 9.17) is 9.40 Å². The first-order valence-corrected chi connectivity index (χ1v) is 25.1. The predicted molar refractivity (Wildman–Crippen MR) is 303 cm³/mol. The van der Waals surface area contributed by atoms with Crippen LogP contribution >= 0.6 is 0 Å². The molecule has 1 radical (unpaired) electrons. The minimum absolute atomic E-state index is 0. The van der Waals surface area contributed by atoms with Crippen molar-refractivity contribution in [3.8, 4) is 50.6 Å². The number of nitrogens with zero attached hydrogens (tertiary/aromatic N) is 3. The maximum absolute atomic E-state index is 6.93. The summed E-state index contributed by atoms with van der Waals surface area (Å²) in [5, 5.41) is 6.95. The number of rotatable bonds is 5. The summed E-state index contributed by atoms with van der Waals surface area (Å²) >= 11 is 0. The van der Waals surface area contributed by atoms with Crippen molar-refractivity contribution in [3.63, 3.8) is 0 Å². The van der Waals surface area contributed by atoms with Gasteiger partial charge in [-0.1, -0.05) is 189 Å². The standard InChI is InChI=1S/C53H43N2O.C15H16N.Ir/c1-52(2,3)38-27-25-35(26-28-38)43-30-37(33-15-8-7-9-16-33)31-45(53(4,5)6)49(43)55-47-22-13-12-21-46(47)54-51(55)41-20-14-19-40-44-29-36-24-23-34-17-10-11-18-39(34)42(36)32-48(44)56-50(40)41;1-15(2,3)13-9-10-14(16-11-13)12-7-5-4-6-8-12;/h7-19,21-32H,1-6H3;4-7,9-11H,1-3H3;/q2*-1;. The molecule has 9 aromatic carbocycles. The molecule has 363 valence electrons. The molecular weight excluding hydrogens is 1070 g/mol. The molecule has 5 heteroatoms. The van der Waals surface area contributed by atoms with E-state index < -0.39 is 0 Å². The number of benzene rings is 9. The largest absolute Gasteiger partial charge is 0.501 e. The smallest absolute Gasteiger partial charge is 0.121 e. The normalized spacial score (nSPS) is 12.1. The Morgan fingerprint density at radius 3 is 1.90 bits per heavy atom. The molecule has 73 heavy (non-hydrogen) atoms. The summed E-state index contributed by atoms with van der Waals surface area (Å²) in [6.07, 6.45) is 1.95. The molecule has 12 rings (SSSR count). The van der Waals surface area contributed by atoms with Gasteiger partial charge in [-0.2, -0.15) is 0 Å². The molecule has 0 saturated carbocycles. The van der Waals surface area contributed by atoms with Crippen molar-refractivity contribution in [2.24, 2.45) is 0 Å². The van der Waals surface area contributed by atoms with Gasteiger partial charge in [0.2, 0.25) is 0 Å². The molecule has 12 aromatic rings. The van der Waals surface area contributed by atoms with Gasteiger partial charge in [0.05, 0.1) is 28.1 Å². The molecule has 0 atom stereocenters. The summed E-state index contributed by atoms with van der Waals surface area (Å²) in [7, 11) is 0. The first-order chi connectivity index (χ1) is 34.6. The third kappa shape index (κ3) is 9.45. The number of pyridine rings is 1. The first-order valence-electron chi connectivity index (χ1n) is 25.1. The average molecular weight is 1130 g/mol. The Morgan fingerprint density at radius 2 is 1.19 bits per heavy atom. The molecule has 0 spiro atoms. The summed E-state index contributed by atoms with van der Waals surface area (Å²) in [6, 6.07) is 73.6. The van der Waals surface area contributed by atoms with Crippen LogP contribution in [0.2, 0.25) is 0 Å². The van der Waals surface area contributed by atoms with Gasteiger partial charge < -0.3 is 14.0 Å². The van der Waals surface area contributed by atoms with Gasteiger partial charge in [0, 0.05) is 37.3 Å². The van der Waals surface area contributed by atoms with Crippen LogP contribution in [0, 0.1) is 12.1 Å². The Bertz CT molecular complexity index is 3940. The van der Waals surface area contributed by atoms with Gasteiger partial charge in [0.25, 0.3) is 0 Å². The second-order valence-corrected chi connectivity index (χ2v) is 22.1. The second-order valence-electron chi connectivity index (χ2n) is 22.1. The van der Waals surface area contributed by atoms with Crippen LogP contribution in [0.3, 0.4) is 0 Å². The van der Waals surface area contributed by atoms with E-state index in [2.05, 4.69) is 242 Å². The Hall–Kier alpha value is -7.43. The van der Waals surface area contributed by atoms with Crippen LogP contribution < -0.4 is 0 Å². The van der Waals surface area contributed by atoms with Crippen molar-refractivity contribution in [1.29, 1.82) is 0 Å². The van der Waals surface area contributed by atoms with Crippen LogP contribution in [0.25, 0.3) is 105 Å². The zero-order chi connectivity index (χ0) is 49.9. The SMILES string of the molecule is CC(C)(C)c1ccc(-c2[c-]cccc2)nc1.CC(C)(C)c1ccc(-c2cc(-c3ccccc3)cc(C(C)(C)C)c2-n2c(-c3[c-]ccc4c3oc3cc5c(ccc6ccccc65)cc34)nc3ccccc32)cc1.[Ir]. The molecule has 0 aliphatic carbocycles. The molecule has 0 unspecified atom stereocenters. The van der Waals surface area contributed by atoms with Crippen LogP contribution in [0.4, 0.5) is 0 Å². The third-order valence-corrected chi connectivity index (χ3v) is 14.0. The maximum atomic E-state index is 6.93. The van der Waals surface area contributed by atoms with E-state index in [0.717, 1.165) is 72.4 Å². The van der Waals surface area contributed by atoms with Crippen molar-refractivity contribution >= 4 is 54.5 Å². The van der Waals surface area contributed by atoms with Crippen molar-refractivity contribution < 1.29 is 24.5 Å². The summed E-state index contributed by atoms with van der Waals surface area (Å²) in [5.41, 5.74) is 16.0. The van der Waals surface area contributed by atoms with Crippen molar-refractivity contribution in [3.05, 3.63) is 223 Å². The van der Waals surface area contributed by atoms with E-state index in [-0.39, 0.29) is 36.4 Å². The van der Waals surface area contributed by atoms with E-state index >= 15 is 0 Å². The minimum Gasteiger partial charge on any atom is -0.501 e. The molecule has 0 aliphatic heterocycles. The first kappa shape index (κ1) is 49.2. The Balaban J connectivity index is 0.000000307. The molecule has 0 bridgehead atoms. The Morgan fingerprint density at radius 1 is 0.493 bits per heavy atom. The topological polar surface area (TPSA) is 43.9 Å². The predicted octanol–water partition coefficient (Wildman–Crippen LogP) is 18.5. The summed E-state index contributed by atoms with van der Waals surface area (Å²) in [4.78, 5) is 9.92. The van der Waals surface area contributed by atoms with Crippen LogP contribution in [0.15, 0.2) is 199 Å². The van der Waals surface area contributed by atoms with Crippen molar-refractivity contribution in [1.82, 2.24) is 14.5 Å². The number of hydrogen-bond donors (Lipinski definition) is 0. The van der Waals surface area contributed by atoms with E-state index in [0.29, 0.717) is 0 Å². The molecule has 0 fully saturated rings. The summed E-state index contributed by atoms with van der Waals surface area (Å²) in [5.74, 6) is 0.802. The van der Waals surface area contributed by atoms with Gasteiger partial charge in [-0.05, 0) is 113 Å². The molecular formula is C68H59IrN3O-2. The molecule has 0 saturated heterocycles. The number of aromatic nitrogens is 3. The Labute approximate surface area is 443 Å². The van der Waals surface area contributed by atoms with Crippen LogP contribution in [0.1, 0.15) is 79.0 Å². The van der Waals surface area contributed by atoms with Gasteiger partial charge in [-0.25, -0.2) is 0 Å². The quantitative estimate of drug-likeness (QED) is 0.127. The van der Waals surface area contributed by atoms with Gasteiger partial charge in [0.15, 0.2) is 0 Å². The van der Waals surface area contributed by atoms with Crippen molar-refractivity contribution in [2.45, 2.75) is 78.6 Å². The van der Waals surface area contributed by atoms with Gasteiger partial charge in [-0.3, -0.25) is 4.98 Å². The second kappa shape index (κ2) is 19.2. The number of para-hydroxylation sites is 2. The molecule has 0 aliphatic rings. The molecule has 4 nitrogen and oxygen atoms in total. The minimum atomic E-state index is -0.221. The maximum Gasteiger partial charge on any atom is 0.121 e.